The van der Waals surface area contributed by atoms with Gasteiger partial charge in [0.2, 0.25) is 0 Å². The smallest absolute Gasteiger partial charge is 0.355 e. The maximum Gasteiger partial charge on any atom is 0.355 e. The van der Waals surface area contributed by atoms with Crippen LogP contribution < -0.4 is 4.74 Å². The van der Waals surface area contributed by atoms with Crippen LogP contribution in [-0.4, -0.2) is 19.3 Å². The molecule has 1 fully saturated rings. The molecule has 3 nitrogen and oxygen atoms in total. The van der Waals surface area contributed by atoms with Gasteiger partial charge >= 0.3 is 1.28 Å². The second-order valence-electron chi connectivity index (χ2n) is 6.26. The fourth-order valence-corrected chi connectivity index (χ4v) is 2.41. The minimum Gasteiger partial charge on any atom is -0.507 e. The summed E-state index contributed by atoms with van der Waals surface area (Å²) in [5.41, 5.74) is -0.332. The summed E-state index contributed by atoms with van der Waals surface area (Å²) in [6.45, 7) is 2.20. The lowest BCUT2D eigenvalue weighted by Gasteiger charge is -2.24. The van der Waals surface area contributed by atoms with Gasteiger partial charge in [-0.25, -0.2) is 26.3 Å². The molecule has 1 aliphatic heterocycles. The van der Waals surface area contributed by atoms with Gasteiger partial charge in [-0.1, -0.05) is 0 Å². The average Bonchev–Trinajstić information content (AvgIpc) is 2.74. The highest BCUT2D eigenvalue weighted by Gasteiger charge is 2.21. The zero-order valence-electron chi connectivity index (χ0n) is 17.5. The second-order valence-corrected chi connectivity index (χ2v) is 9.00. The summed E-state index contributed by atoms with van der Waals surface area (Å²) in [5, 5.41) is 8.76. The molecular weight excluding hydrogens is 484 g/mol. The largest absolute Gasteiger partial charge is 0.507 e. The molecule has 2 aromatic carbocycles. The van der Waals surface area contributed by atoms with Crippen LogP contribution in [0.1, 0.15) is 30.4 Å². The normalized spacial score (nSPS) is 16.2. The van der Waals surface area contributed by atoms with E-state index < -0.39 is 53.9 Å². The third-order valence-corrected chi connectivity index (χ3v) is 4.13. The number of phenolic OH excluding ortho intramolecular Hbond substituents is 1. The molecule has 0 saturated carbocycles. The van der Waals surface area contributed by atoms with E-state index in [1.54, 1.807) is 0 Å². The maximum atomic E-state index is 13.3. The van der Waals surface area contributed by atoms with Crippen LogP contribution in [0.25, 0.3) is 0 Å². The van der Waals surface area contributed by atoms with E-state index >= 15 is 0 Å². The molecule has 1 heterocycles. The van der Waals surface area contributed by atoms with E-state index in [1.165, 1.54) is 6.92 Å². The first kappa shape index (κ1) is 25.8. The quantitative estimate of drug-likeness (QED) is 0.292. The molecule has 0 bridgehead atoms. The SMILES string of the molecule is Cc1c(O)cc(F)c(F)c1F.Cc1c(OC2CCCCO2)cc(F)c(F)c1F.[3H][P+](P)=S. The van der Waals surface area contributed by atoms with Crippen molar-refractivity contribution in [2.45, 2.75) is 39.4 Å². The third kappa shape index (κ3) is 7.86. The molecule has 0 amide bonds. The van der Waals surface area contributed by atoms with Crippen molar-refractivity contribution in [2.75, 3.05) is 6.61 Å². The predicted molar refractivity (Wildman–Crippen MR) is 113 cm³/mol. The van der Waals surface area contributed by atoms with E-state index in [0.29, 0.717) is 19.1 Å². The maximum absolute atomic E-state index is 13.3. The molecule has 2 aromatic rings. The van der Waals surface area contributed by atoms with Crippen LogP contribution in [0.15, 0.2) is 12.1 Å². The minimum absolute atomic E-state index is 0.00620. The summed E-state index contributed by atoms with van der Waals surface area (Å²) >= 11 is 4.31. The summed E-state index contributed by atoms with van der Waals surface area (Å²) < 4.78 is 93.3. The van der Waals surface area contributed by atoms with E-state index in [4.69, 9.17) is 15.9 Å². The first-order valence-corrected chi connectivity index (χ1v) is 12.4. The number of phenols is 1. The number of hydrogen-bond acceptors (Lipinski definition) is 4. The van der Waals surface area contributed by atoms with Crippen molar-refractivity contribution in [3.8, 4) is 11.5 Å². The number of aromatic hydroxyl groups is 1. The highest BCUT2D eigenvalue weighted by atomic mass is 32.6. The molecule has 1 saturated heterocycles. The fraction of sp³-hybridized carbons (Fsp3) is 0.368. The van der Waals surface area contributed by atoms with Crippen molar-refractivity contribution in [3.63, 3.8) is 0 Å². The van der Waals surface area contributed by atoms with Gasteiger partial charge in [-0.15, -0.1) is 0 Å². The molecule has 12 heteroatoms. The Morgan fingerprint density at radius 3 is 2.06 bits per heavy atom. The third-order valence-electron chi connectivity index (χ3n) is 4.13. The van der Waals surface area contributed by atoms with Crippen molar-refractivity contribution in [1.29, 1.82) is 1.28 Å². The van der Waals surface area contributed by atoms with Crippen molar-refractivity contribution < 1.29 is 40.9 Å². The molecule has 3 rings (SSSR count). The van der Waals surface area contributed by atoms with Gasteiger partial charge in [0.25, 0.3) is 0 Å². The Morgan fingerprint density at radius 1 is 1.03 bits per heavy atom. The van der Waals surface area contributed by atoms with Gasteiger partial charge < -0.3 is 14.6 Å². The molecule has 0 aromatic heterocycles. The minimum atomic E-state index is -1.56. The molecular formula is C19H21F6O3P2S+. The lowest BCUT2D eigenvalue weighted by Crippen LogP contribution is -2.25. The highest BCUT2D eigenvalue weighted by Crippen LogP contribution is 2.28. The van der Waals surface area contributed by atoms with Gasteiger partial charge in [0.1, 0.15) is 11.5 Å². The average molecular weight is 507 g/mol. The first-order chi connectivity index (χ1) is 14.9. The molecule has 1 N–H and O–H groups in total. The van der Waals surface area contributed by atoms with Crippen molar-refractivity contribution >= 4 is 27.7 Å². The Labute approximate surface area is 186 Å². The molecule has 3 unspecified atom stereocenters. The molecule has 0 aliphatic carbocycles. The summed E-state index contributed by atoms with van der Waals surface area (Å²) in [4.78, 5) is 0. The van der Waals surface area contributed by atoms with Gasteiger partial charge in [-0.05, 0) is 26.7 Å². The van der Waals surface area contributed by atoms with Crippen molar-refractivity contribution in [2.24, 2.45) is 0 Å². The van der Waals surface area contributed by atoms with Crippen LogP contribution in [0.2, 0.25) is 0 Å². The molecule has 0 spiro atoms. The van der Waals surface area contributed by atoms with Crippen molar-refractivity contribution in [1.82, 2.24) is 0 Å². The molecule has 172 valence electrons. The van der Waals surface area contributed by atoms with Crippen LogP contribution in [0.3, 0.4) is 0 Å². The van der Waals surface area contributed by atoms with Gasteiger partial charge in [-0.2, -0.15) is 0 Å². The lowest BCUT2D eigenvalue weighted by atomic mass is 10.2. The number of halogens is 6. The van der Waals surface area contributed by atoms with E-state index in [1.807, 2.05) is 0 Å². The molecule has 31 heavy (non-hydrogen) atoms. The van der Waals surface area contributed by atoms with Crippen LogP contribution in [0.5, 0.6) is 11.5 Å². The Balaban J connectivity index is 0.000000293. The number of benzene rings is 2. The van der Waals surface area contributed by atoms with Crippen LogP contribution in [-0.2, 0) is 16.5 Å². The van der Waals surface area contributed by atoms with Crippen LogP contribution in [0.4, 0.5) is 26.3 Å². The topological polar surface area (TPSA) is 38.7 Å². The van der Waals surface area contributed by atoms with E-state index in [9.17, 15) is 26.3 Å². The zero-order valence-corrected chi connectivity index (χ0v) is 19.4. The van der Waals surface area contributed by atoms with Crippen LogP contribution in [0, 0.1) is 48.8 Å². The van der Waals surface area contributed by atoms with E-state index in [2.05, 4.69) is 20.7 Å². The summed E-state index contributed by atoms with van der Waals surface area (Å²) in [6, 6.07) is 1.39. The first-order valence-electron chi connectivity index (χ1n) is 9.27. The van der Waals surface area contributed by atoms with Gasteiger partial charge in [0.05, 0.1) is 15.5 Å². The Kier molecular flexibility index (Phi) is 10.9. The Bertz CT molecular complexity index is 931. The number of hydrogen-bond donors (Lipinski definition) is 1. The molecule has 1 aliphatic rings. The highest BCUT2D eigenvalue weighted by molar-refractivity contribution is 8.24. The lowest BCUT2D eigenvalue weighted by molar-refractivity contribution is -0.106. The summed E-state index contributed by atoms with van der Waals surface area (Å²) in [7, 11) is 2.20. The monoisotopic (exact) mass is 507 g/mol. The predicted octanol–water partition coefficient (Wildman–Crippen LogP) is 6.35. The Hall–Kier alpha value is -1.47. The fourth-order valence-electron chi connectivity index (χ4n) is 2.41. The zero-order chi connectivity index (χ0) is 24.6. The molecule has 3 atom stereocenters. The van der Waals surface area contributed by atoms with Crippen molar-refractivity contribution in [3.05, 3.63) is 58.2 Å². The second kappa shape index (κ2) is 13.2. The van der Waals surface area contributed by atoms with E-state index in [-0.39, 0.29) is 16.9 Å². The number of ether oxygens (including phenoxy) is 2. The van der Waals surface area contributed by atoms with Gasteiger partial charge in [0, 0.05) is 29.7 Å². The summed E-state index contributed by atoms with van der Waals surface area (Å²) in [5.74, 6) is -8.81. The van der Waals surface area contributed by atoms with E-state index in [0.717, 1.165) is 25.8 Å². The van der Waals surface area contributed by atoms with Crippen LogP contribution >= 0.6 is 15.9 Å². The number of rotatable bonds is 2. The summed E-state index contributed by atoms with van der Waals surface area (Å²) in [6.07, 6.45) is 2.05. The van der Waals surface area contributed by atoms with Gasteiger partial charge in [-0.3, -0.25) is 0 Å². The Morgan fingerprint density at radius 2 is 1.55 bits per heavy atom. The molecule has 0 radical (unpaired) electrons. The van der Waals surface area contributed by atoms with Gasteiger partial charge in [0.15, 0.2) is 60.0 Å². The standard InChI is InChI=1S/C12H13F3O2.C7H5F3O.H2P2S/c1-7-9(6-8(13)12(15)11(7)14)17-10-4-2-3-5-16-10;1-3-5(11)2-4(8)7(10)6(3)9;1-2-3/h6,10H,2-5H2,1H3;2,11H,1H3;1H2/p+1/i/hT.